The van der Waals surface area contributed by atoms with Crippen LogP contribution in [0.25, 0.3) is 11.2 Å². The second kappa shape index (κ2) is 11.2. The molecule has 0 bridgehead atoms. The number of alkyl halides is 2. The Bertz CT molecular complexity index is 1330. The van der Waals surface area contributed by atoms with Crippen molar-refractivity contribution >= 4 is 36.5 Å². The molecule has 0 saturated carbocycles. The van der Waals surface area contributed by atoms with Crippen molar-refractivity contribution in [3.8, 4) is 5.75 Å². The molecule has 6 atom stereocenters. The highest BCUT2D eigenvalue weighted by molar-refractivity contribution is 7.52. The van der Waals surface area contributed by atoms with Crippen molar-refractivity contribution in [3.05, 3.63) is 48.7 Å². The van der Waals surface area contributed by atoms with Crippen LogP contribution in [-0.2, 0) is 23.4 Å². The van der Waals surface area contributed by atoms with Gasteiger partial charge in [0.2, 0.25) is 0 Å². The number of hydrogen-bond donors (Lipinski definition) is 2. The summed E-state index contributed by atoms with van der Waals surface area (Å²) >= 11 is 6.10. The number of imidazole rings is 1. The molecule has 38 heavy (non-hydrogen) atoms. The topological polar surface area (TPSA) is 147 Å². The molecule has 3 heterocycles. The SMILES string of the molecule is Cc1ncc2ncn([C@@H]3O[C@H](CO[P@](=O)(NC(C)C(=O)OC(C)C)Oc4ccccc4)[C@@H](O)[C@]3(F)Cl)c2n1. The number of carbonyl (C=O) groups excluding carboxylic acids is 1. The van der Waals surface area contributed by atoms with E-state index in [4.69, 9.17) is 30.1 Å². The van der Waals surface area contributed by atoms with Crippen LogP contribution in [0.4, 0.5) is 4.39 Å². The van der Waals surface area contributed by atoms with Crippen molar-refractivity contribution in [2.75, 3.05) is 6.61 Å². The molecule has 0 spiro atoms. The number of rotatable bonds is 10. The molecule has 1 aliphatic rings. The van der Waals surface area contributed by atoms with Crippen LogP contribution in [0, 0.1) is 6.92 Å². The molecule has 15 heteroatoms. The van der Waals surface area contributed by atoms with E-state index in [0.29, 0.717) is 11.3 Å². The summed E-state index contributed by atoms with van der Waals surface area (Å²) in [6.07, 6.45) is -2.50. The molecule has 2 N–H and O–H groups in total. The number of aromatic nitrogens is 4. The number of nitrogens with one attached hydrogen (secondary N) is 1. The molecule has 0 aliphatic carbocycles. The molecule has 1 aromatic carbocycles. The van der Waals surface area contributed by atoms with Gasteiger partial charge in [-0.3, -0.25) is 13.9 Å². The Hall–Kier alpha value is -2.67. The molecule has 1 aliphatic heterocycles. The van der Waals surface area contributed by atoms with E-state index in [0.717, 1.165) is 0 Å². The average molecular weight is 572 g/mol. The number of para-hydroxylation sites is 1. The minimum absolute atomic E-state index is 0.177. The summed E-state index contributed by atoms with van der Waals surface area (Å²) < 4.78 is 52.4. The maximum absolute atomic E-state index is 15.6. The van der Waals surface area contributed by atoms with E-state index >= 15 is 4.39 Å². The Morgan fingerprint density at radius 2 is 2.03 bits per heavy atom. The van der Waals surface area contributed by atoms with Gasteiger partial charge in [0.25, 0.3) is 5.13 Å². The zero-order valence-corrected chi connectivity index (χ0v) is 22.7. The fourth-order valence-corrected chi connectivity index (χ4v) is 5.49. The molecule has 0 radical (unpaired) electrons. The monoisotopic (exact) mass is 571 g/mol. The van der Waals surface area contributed by atoms with Gasteiger partial charge in [-0.2, -0.15) is 5.09 Å². The molecule has 1 saturated heterocycles. The predicted octanol–water partition coefficient (Wildman–Crippen LogP) is 3.43. The van der Waals surface area contributed by atoms with Gasteiger partial charge in [-0.05, 0) is 39.8 Å². The first-order chi connectivity index (χ1) is 17.9. The number of esters is 1. The van der Waals surface area contributed by atoms with Crippen LogP contribution in [0.2, 0.25) is 0 Å². The van der Waals surface area contributed by atoms with Crippen LogP contribution in [0.3, 0.4) is 0 Å². The highest BCUT2D eigenvalue weighted by atomic mass is 35.5. The third-order valence-electron chi connectivity index (χ3n) is 5.50. The Balaban J connectivity index is 1.54. The Morgan fingerprint density at radius 1 is 1.32 bits per heavy atom. The number of carbonyl (C=O) groups is 1. The number of aliphatic hydroxyl groups is 1. The van der Waals surface area contributed by atoms with Crippen LogP contribution >= 0.6 is 19.3 Å². The molecular weight excluding hydrogens is 544 g/mol. The number of aryl methyl sites for hydroxylation is 1. The van der Waals surface area contributed by atoms with Crippen LogP contribution in [0.5, 0.6) is 5.75 Å². The number of hydrogen-bond acceptors (Lipinski definition) is 10. The fraction of sp³-hybridized carbons (Fsp3) is 0.478. The number of fused-ring (bicyclic) bond motifs is 1. The van der Waals surface area contributed by atoms with Crippen molar-refractivity contribution in [3.63, 3.8) is 0 Å². The van der Waals surface area contributed by atoms with Crippen molar-refractivity contribution in [2.45, 2.75) is 63.4 Å². The van der Waals surface area contributed by atoms with Crippen LogP contribution < -0.4 is 9.61 Å². The second-order valence-corrected chi connectivity index (χ2v) is 11.2. The van der Waals surface area contributed by atoms with E-state index in [9.17, 15) is 14.5 Å². The fourth-order valence-electron chi connectivity index (χ4n) is 3.70. The van der Waals surface area contributed by atoms with Crippen LogP contribution in [-0.4, -0.2) is 66.7 Å². The Morgan fingerprint density at radius 3 is 2.71 bits per heavy atom. The Kier molecular flexibility index (Phi) is 8.36. The number of aliphatic hydroxyl groups excluding tert-OH is 1. The molecular formula is C23H28ClFN5O7P. The maximum atomic E-state index is 15.6. The zero-order valence-electron chi connectivity index (χ0n) is 21.0. The molecule has 0 amide bonds. The van der Waals surface area contributed by atoms with Gasteiger partial charge >= 0.3 is 13.7 Å². The van der Waals surface area contributed by atoms with Gasteiger partial charge in [-0.25, -0.2) is 23.9 Å². The van der Waals surface area contributed by atoms with Crippen molar-refractivity contribution < 1.29 is 37.4 Å². The van der Waals surface area contributed by atoms with Crippen molar-refractivity contribution in [1.82, 2.24) is 24.6 Å². The summed E-state index contributed by atoms with van der Waals surface area (Å²) in [5.41, 5.74) is 0.615. The smallest absolute Gasteiger partial charge is 0.459 e. The Labute approximate surface area is 223 Å². The lowest BCUT2D eigenvalue weighted by Gasteiger charge is -2.25. The van der Waals surface area contributed by atoms with E-state index in [1.165, 1.54) is 36.1 Å². The summed E-state index contributed by atoms with van der Waals surface area (Å²) in [7, 11) is -4.29. The van der Waals surface area contributed by atoms with Gasteiger partial charge in [0, 0.05) is 0 Å². The van der Waals surface area contributed by atoms with Crippen molar-refractivity contribution in [1.29, 1.82) is 0 Å². The van der Waals surface area contributed by atoms with Gasteiger partial charge in [0.05, 0.1) is 25.2 Å². The summed E-state index contributed by atoms with van der Waals surface area (Å²) in [5, 5.41) is 10.4. The molecule has 4 rings (SSSR count). The quantitative estimate of drug-likeness (QED) is 0.209. The normalized spacial score (nSPS) is 25.8. The lowest BCUT2D eigenvalue weighted by atomic mass is 10.1. The van der Waals surface area contributed by atoms with Gasteiger partial charge in [0.1, 0.15) is 35.3 Å². The third-order valence-corrected chi connectivity index (χ3v) is 7.56. The highest BCUT2D eigenvalue weighted by Crippen LogP contribution is 2.49. The largest absolute Gasteiger partial charge is 0.462 e. The standard InChI is InChI=1S/C23H28ClFN5O7P/c1-13(2)35-21(32)14(3)29-38(33,37-16-8-6-5-7-9-16)34-11-18-19(31)23(24,25)22(36-18)30-12-27-17-10-26-15(4)28-20(17)30/h5-10,12-14,18-19,22,31H,11H2,1-4H3,(H,29,33)/t14?,18-,19-,22-,23-,38-/m1/s1. The van der Waals surface area contributed by atoms with Gasteiger partial charge in [-0.1, -0.05) is 29.8 Å². The van der Waals surface area contributed by atoms with E-state index in [1.807, 2.05) is 0 Å². The van der Waals surface area contributed by atoms with Gasteiger partial charge < -0.3 is 19.1 Å². The molecule has 3 aromatic rings. The predicted molar refractivity (Wildman–Crippen MR) is 134 cm³/mol. The van der Waals surface area contributed by atoms with Crippen LogP contribution in [0.1, 0.15) is 32.8 Å². The van der Waals surface area contributed by atoms with E-state index in [-0.39, 0.29) is 11.4 Å². The summed E-state index contributed by atoms with van der Waals surface area (Å²) in [6, 6.07) is 7.00. The van der Waals surface area contributed by atoms with Gasteiger partial charge in [-0.15, -0.1) is 0 Å². The lowest BCUT2D eigenvalue weighted by Crippen LogP contribution is -2.40. The molecule has 1 fully saturated rings. The molecule has 12 nitrogen and oxygen atoms in total. The molecule has 2 aromatic heterocycles. The first-order valence-corrected chi connectivity index (χ1v) is 13.7. The lowest BCUT2D eigenvalue weighted by molar-refractivity contribution is -0.149. The van der Waals surface area contributed by atoms with Crippen molar-refractivity contribution in [2.24, 2.45) is 0 Å². The first kappa shape index (κ1) is 28.3. The van der Waals surface area contributed by atoms with Crippen LogP contribution in [0.15, 0.2) is 42.9 Å². The van der Waals surface area contributed by atoms with Gasteiger partial charge in [0.15, 0.2) is 11.9 Å². The van der Waals surface area contributed by atoms with E-state index in [2.05, 4.69) is 20.0 Å². The number of halogens is 2. The third kappa shape index (κ3) is 6.14. The number of ether oxygens (including phenoxy) is 2. The summed E-state index contributed by atoms with van der Waals surface area (Å²) in [4.78, 5) is 24.7. The number of benzene rings is 1. The summed E-state index contributed by atoms with van der Waals surface area (Å²) in [5.74, 6) is -0.104. The molecule has 1 unspecified atom stereocenters. The highest BCUT2D eigenvalue weighted by Gasteiger charge is 2.58. The summed E-state index contributed by atoms with van der Waals surface area (Å²) in [6.45, 7) is 5.80. The van der Waals surface area contributed by atoms with E-state index < -0.39 is 56.0 Å². The van der Waals surface area contributed by atoms with E-state index in [1.54, 1.807) is 39.0 Å². The maximum Gasteiger partial charge on any atom is 0.459 e. The minimum Gasteiger partial charge on any atom is -0.462 e. The number of nitrogens with zero attached hydrogens (tertiary/aromatic N) is 4. The minimum atomic E-state index is -4.29. The molecule has 206 valence electrons. The average Bonchev–Trinajstić information content (AvgIpc) is 3.35. The second-order valence-electron chi connectivity index (χ2n) is 8.96. The zero-order chi connectivity index (χ0) is 27.7. The first-order valence-electron chi connectivity index (χ1n) is 11.7.